The lowest BCUT2D eigenvalue weighted by atomic mass is 9.96. The quantitative estimate of drug-likeness (QED) is 0.0199. The summed E-state index contributed by atoms with van der Waals surface area (Å²) in [6.45, 7) is 1.84. The third-order valence-electron chi connectivity index (χ3n) is 26.1. The molecule has 0 radical (unpaired) electrons. The van der Waals surface area contributed by atoms with Crippen LogP contribution in [-0.2, 0) is 33.2 Å². The third-order valence-corrected chi connectivity index (χ3v) is 26.1. The predicted octanol–water partition coefficient (Wildman–Crippen LogP) is 21.8. The number of hydrogen-bond donors (Lipinski definition) is 12. The Morgan fingerprint density at radius 2 is 0.521 bits per heavy atom. The monoisotopic (exact) mass is 1700 g/mol. The number of aliphatic hydroxyl groups excluding tert-OH is 11. The molecule has 3 aliphatic heterocycles. The van der Waals surface area contributed by atoms with Crippen LogP contribution in [0, 0.1) is 0 Å². The number of rotatable bonds is 87. The number of carbonyl (C=O) groups excluding carboxylic acids is 1. The Balaban J connectivity index is 1.27. The van der Waals surface area contributed by atoms with Crippen LogP contribution in [0.5, 0.6) is 0 Å². The molecule has 19 heteroatoms. The summed E-state index contributed by atoms with van der Waals surface area (Å²) in [5, 5.41) is 121. The average Bonchev–Trinajstić information content (AvgIpc) is 0.778. The van der Waals surface area contributed by atoms with E-state index in [1.165, 1.54) is 417 Å². The summed E-state index contributed by atoms with van der Waals surface area (Å²) in [6.07, 6.45) is 75.6. The molecule has 3 saturated heterocycles. The van der Waals surface area contributed by atoms with Gasteiger partial charge in [-0.25, -0.2) is 0 Å². The van der Waals surface area contributed by atoms with Gasteiger partial charge in [0.15, 0.2) is 18.9 Å². The van der Waals surface area contributed by atoms with Crippen molar-refractivity contribution in [3.8, 4) is 0 Å². The van der Waals surface area contributed by atoms with Crippen LogP contribution in [0.4, 0.5) is 0 Å². The summed E-state index contributed by atoms with van der Waals surface area (Å²) >= 11 is 0. The Labute approximate surface area is 728 Å². The third kappa shape index (κ3) is 57.2. The molecule has 0 aromatic carbocycles. The second-order valence-electron chi connectivity index (χ2n) is 37.0. The Morgan fingerprint density at radius 1 is 0.294 bits per heavy atom. The summed E-state index contributed by atoms with van der Waals surface area (Å²) in [7, 11) is 0. The molecule has 17 atom stereocenters. The van der Waals surface area contributed by atoms with Crippen molar-refractivity contribution in [2.24, 2.45) is 0 Å². The first kappa shape index (κ1) is 112. The van der Waals surface area contributed by atoms with E-state index in [2.05, 4.69) is 19.2 Å². The number of amides is 1. The molecule has 12 N–H and O–H groups in total. The maximum Gasteiger partial charge on any atom is 0.220 e. The molecule has 706 valence electrons. The van der Waals surface area contributed by atoms with Crippen LogP contribution in [0.2, 0.25) is 0 Å². The summed E-state index contributed by atoms with van der Waals surface area (Å²) < 4.78 is 34.6. The van der Waals surface area contributed by atoms with Gasteiger partial charge in [0.25, 0.3) is 0 Å². The van der Waals surface area contributed by atoms with Crippen molar-refractivity contribution in [3.63, 3.8) is 0 Å². The summed E-state index contributed by atoms with van der Waals surface area (Å²) in [5.41, 5.74) is 0. The van der Waals surface area contributed by atoms with E-state index in [1.807, 2.05) is 6.08 Å². The highest BCUT2D eigenvalue weighted by molar-refractivity contribution is 5.76. The van der Waals surface area contributed by atoms with Gasteiger partial charge in [0.05, 0.1) is 38.6 Å². The molecule has 3 heterocycles. The summed E-state index contributed by atoms with van der Waals surface area (Å²) in [6, 6.07) is -0.972. The topological polar surface area (TPSA) is 307 Å². The highest BCUT2D eigenvalue weighted by atomic mass is 16.8. The van der Waals surface area contributed by atoms with Crippen LogP contribution in [0.15, 0.2) is 12.2 Å². The molecule has 0 aromatic rings. The second kappa shape index (κ2) is 79.9. The molecular weight excluding hydrogens is 1500 g/mol. The molecule has 3 rings (SSSR count). The van der Waals surface area contributed by atoms with Gasteiger partial charge in [-0.3, -0.25) is 4.79 Å². The molecule has 0 bridgehead atoms. The van der Waals surface area contributed by atoms with Crippen molar-refractivity contribution in [3.05, 3.63) is 12.2 Å². The van der Waals surface area contributed by atoms with E-state index in [-0.39, 0.29) is 18.9 Å². The highest BCUT2D eigenvalue weighted by Crippen LogP contribution is 2.34. The van der Waals surface area contributed by atoms with E-state index in [0.717, 1.165) is 44.9 Å². The molecule has 119 heavy (non-hydrogen) atoms. The van der Waals surface area contributed by atoms with Gasteiger partial charge < -0.3 is 89.9 Å². The van der Waals surface area contributed by atoms with Crippen LogP contribution < -0.4 is 5.32 Å². The number of ether oxygens (including phenoxy) is 6. The van der Waals surface area contributed by atoms with Gasteiger partial charge in [0, 0.05) is 6.42 Å². The first-order valence-electron chi connectivity index (χ1n) is 51.4. The Morgan fingerprint density at radius 3 is 0.790 bits per heavy atom. The van der Waals surface area contributed by atoms with Gasteiger partial charge >= 0.3 is 0 Å². The minimum absolute atomic E-state index is 0.251. The average molecular weight is 1700 g/mol. The lowest BCUT2D eigenvalue weighted by molar-refractivity contribution is -0.379. The number of allylic oxidation sites excluding steroid dienone is 1. The molecule has 19 nitrogen and oxygen atoms in total. The van der Waals surface area contributed by atoms with Gasteiger partial charge in [0.1, 0.15) is 73.2 Å². The van der Waals surface area contributed by atoms with Crippen molar-refractivity contribution in [2.45, 2.75) is 593 Å². The van der Waals surface area contributed by atoms with Gasteiger partial charge in [-0.1, -0.05) is 475 Å². The van der Waals surface area contributed by atoms with Crippen molar-refractivity contribution in [2.75, 3.05) is 26.4 Å². The van der Waals surface area contributed by atoms with Crippen molar-refractivity contribution < 1.29 is 89.4 Å². The zero-order chi connectivity index (χ0) is 85.9. The normalized spacial score (nSPS) is 24.1. The maximum atomic E-state index is 13.6. The van der Waals surface area contributed by atoms with Crippen molar-refractivity contribution in [1.29, 1.82) is 0 Å². The molecular formula is C100H193NO18. The summed E-state index contributed by atoms with van der Waals surface area (Å²) in [5.74, 6) is -0.263. The Kier molecular flexibility index (Phi) is 75.0. The molecule has 17 unspecified atom stereocenters. The zero-order valence-electron chi connectivity index (χ0n) is 76.9. The SMILES string of the molecule is CCCCCCCCCCCCCCCCCCCCCCCCCCCCCCCCC/C=C/C(O)C(COC1OC(CO)C(OC2OC(CO)C(OC3OC(CO)C(O)C(O)C3O)C(O)C2O)C(O)C1O)NC(=O)CCCCCCCCCCCCCCCCCCCCCCCCCCCCCCCCCCCCCCCCCCC. The predicted molar refractivity (Wildman–Crippen MR) is 485 cm³/mol. The molecule has 3 fully saturated rings. The molecule has 0 aliphatic carbocycles. The molecule has 0 saturated carbocycles. The molecule has 3 aliphatic rings. The van der Waals surface area contributed by atoms with E-state index < -0.39 is 124 Å². The fourth-order valence-electron chi connectivity index (χ4n) is 18.0. The number of hydrogen-bond acceptors (Lipinski definition) is 18. The first-order valence-corrected chi connectivity index (χ1v) is 51.4. The van der Waals surface area contributed by atoms with E-state index >= 15 is 0 Å². The number of unbranched alkanes of at least 4 members (excludes halogenated alkanes) is 71. The van der Waals surface area contributed by atoms with Crippen LogP contribution in [0.25, 0.3) is 0 Å². The van der Waals surface area contributed by atoms with Crippen LogP contribution >= 0.6 is 0 Å². The van der Waals surface area contributed by atoms with Gasteiger partial charge in [0.2, 0.25) is 5.91 Å². The standard InChI is InChI=1S/C100H193NO18/c1-3-5-7-9-11-13-15-17-19-21-23-25-27-29-31-33-35-37-38-39-40-41-42-43-44-46-48-50-52-54-56-58-60-62-64-66-68-70-72-74-76-78-88(106)101-83(84(105)77-75-73-71-69-67-65-63-61-59-57-55-53-51-49-47-45-36-34-32-30-28-26-24-22-20-18-16-14-12-10-8-6-4-2)82-114-98-94(112)91(109)96(86(80-103)116-98)119-100-95(113)92(110)97(87(81-104)117-100)118-99-93(111)90(108)89(107)85(79-102)115-99/h75,77,83-87,89-100,102-105,107-113H,3-74,76,78-82H2,1-2H3,(H,101,106)/b77-75+. The molecule has 0 aromatic heterocycles. The summed E-state index contributed by atoms with van der Waals surface area (Å²) in [4.78, 5) is 13.6. The van der Waals surface area contributed by atoms with Crippen LogP contribution in [0.1, 0.15) is 489 Å². The fraction of sp³-hybridized carbons (Fsp3) is 0.970. The Hall–Kier alpha value is -1.47. The highest BCUT2D eigenvalue weighted by Gasteiger charge is 2.54. The number of nitrogens with one attached hydrogen (secondary N) is 1. The minimum atomic E-state index is -1.98. The van der Waals surface area contributed by atoms with Crippen LogP contribution in [0.3, 0.4) is 0 Å². The van der Waals surface area contributed by atoms with Crippen LogP contribution in [-0.4, -0.2) is 193 Å². The fourth-order valence-corrected chi connectivity index (χ4v) is 18.0. The van der Waals surface area contributed by atoms with Crippen molar-refractivity contribution in [1.82, 2.24) is 5.32 Å². The largest absolute Gasteiger partial charge is 0.394 e. The smallest absolute Gasteiger partial charge is 0.220 e. The van der Waals surface area contributed by atoms with Gasteiger partial charge in [-0.2, -0.15) is 0 Å². The van der Waals surface area contributed by atoms with Crippen molar-refractivity contribution >= 4 is 5.91 Å². The first-order chi connectivity index (χ1) is 58.3. The molecule has 0 spiro atoms. The zero-order valence-corrected chi connectivity index (χ0v) is 76.9. The van der Waals surface area contributed by atoms with E-state index in [0.29, 0.717) is 6.42 Å². The molecule has 1 amide bonds. The maximum absolute atomic E-state index is 13.6. The number of aliphatic hydroxyl groups is 11. The second-order valence-corrected chi connectivity index (χ2v) is 37.0. The van der Waals surface area contributed by atoms with E-state index in [4.69, 9.17) is 28.4 Å². The minimum Gasteiger partial charge on any atom is -0.394 e. The van der Waals surface area contributed by atoms with E-state index in [1.54, 1.807) is 6.08 Å². The van der Waals surface area contributed by atoms with E-state index in [9.17, 15) is 61.0 Å². The van der Waals surface area contributed by atoms with Gasteiger partial charge in [-0.05, 0) is 19.3 Å². The Bertz CT molecular complexity index is 2180. The lowest BCUT2D eigenvalue weighted by Gasteiger charge is -2.48. The number of carbonyl (C=O) groups is 1. The lowest BCUT2D eigenvalue weighted by Crippen LogP contribution is -2.66. The van der Waals surface area contributed by atoms with Gasteiger partial charge in [-0.15, -0.1) is 0 Å².